The second-order valence-corrected chi connectivity index (χ2v) is 16.5. The zero-order valence-electron chi connectivity index (χ0n) is 34.1. The predicted molar refractivity (Wildman–Crippen MR) is 242 cm³/mol. The number of para-hydroxylation sites is 2. The lowest BCUT2D eigenvalue weighted by molar-refractivity contribution is -0.123. The van der Waals surface area contributed by atoms with Crippen LogP contribution in [0.15, 0.2) is 120 Å². The summed E-state index contributed by atoms with van der Waals surface area (Å²) < 4.78 is 16.4. The number of nitrogens with two attached hydrogens (primary N) is 2. The Labute approximate surface area is 368 Å². The molecule has 2 amide bonds. The molecule has 16 heteroatoms. The maximum Gasteiger partial charge on any atom is 0.348 e. The van der Waals surface area contributed by atoms with Crippen molar-refractivity contribution in [2.45, 2.75) is 50.9 Å². The van der Waals surface area contributed by atoms with Gasteiger partial charge in [0.05, 0.1) is 22.1 Å². The molecule has 0 unspecified atom stereocenters. The van der Waals surface area contributed by atoms with Crippen LogP contribution in [0.4, 0.5) is 0 Å². The zero-order chi connectivity index (χ0) is 43.8. The van der Waals surface area contributed by atoms with Crippen LogP contribution in [0.25, 0.3) is 66.7 Å². The second-order valence-electron chi connectivity index (χ2n) is 15.7. The van der Waals surface area contributed by atoms with Crippen molar-refractivity contribution in [2.75, 3.05) is 26.2 Å². The number of benzene rings is 4. The Morgan fingerprint density at radius 1 is 0.635 bits per heavy atom. The number of furan rings is 2. The number of nitriles is 1. The summed E-state index contributed by atoms with van der Waals surface area (Å²) in [6, 6.07) is 31.6. The number of aromatic nitrogens is 4. The number of amides is 2. The summed E-state index contributed by atoms with van der Waals surface area (Å²) in [5, 5.41) is 11.1. The molecular weight excluding hydrogens is 866 g/mol. The van der Waals surface area contributed by atoms with E-state index in [1.807, 2.05) is 94.7 Å². The van der Waals surface area contributed by atoms with Crippen LogP contribution in [0.1, 0.15) is 31.2 Å². The van der Waals surface area contributed by atoms with E-state index in [2.05, 4.69) is 32.0 Å². The van der Waals surface area contributed by atoms with Crippen molar-refractivity contribution in [3.8, 4) is 28.6 Å². The minimum atomic E-state index is -0.406. The molecule has 2 atom stereocenters. The largest absolute Gasteiger partial charge is 0.451 e. The summed E-state index contributed by atoms with van der Waals surface area (Å²) >= 11 is 3.55. The maximum atomic E-state index is 13.2. The number of hydrogen-bond donors (Lipinski definition) is 2. The topological polar surface area (TPSA) is 213 Å². The highest BCUT2D eigenvalue weighted by atomic mass is 79.9. The number of likely N-dealkylation sites (tertiary alicyclic amines) is 2. The second kappa shape index (κ2) is 17.4. The van der Waals surface area contributed by atoms with Gasteiger partial charge in [-0.25, -0.2) is 9.59 Å². The van der Waals surface area contributed by atoms with Gasteiger partial charge in [-0.05, 0) is 79.0 Å². The van der Waals surface area contributed by atoms with E-state index >= 15 is 0 Å². The summed E-state index contributed by atoms with van der Waals surface area (Å²) in [5.74, 6) is -0.657. The van der Waals surface area contributed by atoms with E-state index in [0.29, 0.717) is 81.9 Å². The fourth-order valence-electron chi connectivity index (χ4n) is 9.01. The first-order chi connectivity index (χ1) is 30.6. The highest BCUT2D eigenvalue weighted by Gasteiger charge is 2.31. The first kappa shape index (κ1) is 41.4. The lowest BCUT2D eigenvalue weighted by Gasteiger charge is -2.22. The van der Waals surface area contributed by atoms with Gasteiger partial charge in [0.1, 0.15) is 28.5 Å². The fourth-order valence-corrected chi connectivity index (χ4v) is 9.46. The first-order valence-electron chi connectivity index (χ1n) is 20.8. The van der Waals surface area contributed by atoms with Crippen LogP contribution in [0.2, 0.25) is 0 Å². The molecule has 0 bridgehead atoms. The smallest absolute Gasteiger partial charge is 0.348 e. The number of rotatable bonds is 10. The Hall–Kier alpha value is -6.93. The highest BCUT2D eigenvalue weighted by Crippen LogP contribution is 2.38. The minimum Gasteiger partial charge on any atom is -0.451 e. The summed E-state index contributed by atoms with van der Waals surface area (Å²) in [6.07, 6.45) is 3.30. The van der Waals surface area contributed by atoms with Gasteiger partial charge < -0.3 is 20.3 Å². The standard InChI is InChI=1S/C24H21N5O3.C23H21BrN4O3/c25-14-16-8-4-9-17-20-22(32-21(16)17)19(15-6-2-1-3-7-15)27-24(31)29(20)13-12-28-11-5-10-18(28)23(26)30;24-16-9-4-8-15-19-21(31-20(15)16)18(14-6-2-1-3-7-14)26-23(30)28(19)13-12-27-11-5-10-17(27)22(25)29/h1-4,6-9,18H,5,10-13H2,(H2,26,30);1-4,6-9,17H,5,10-13H2,(H2,25,29)/t18-;17-/m11/s1. The lowest BCUT2D eigenvalue weighted by atomic mass is 10.1. The van der Waals surface area contributed by atoms with Gasteiger partial charge in [-0.1, -0.05) is 72.8 Å². The van der Waals surface area contributed by atoms with Crippen molar-refractivity contribution < 1.29 is 18.4 Å². The molecule has 318 valence electrons. The van der Waals surface area contributed by atoms with E-state index in [-0.39, 0.29) is 29.6 Å². The molecule has 10 rings (SSSR count). The monoisotopic (exact) mass is 907 g/mol. The molecule has 0 radical (unpaired) electrons. The van der Waals surface area contributed by atoms with Crippen molar-refractivity contribution >= 4 is 71.9 Å². The quantitative estimate of drug-likeness (QED) is 0.159. The van der Waals surface area contributed by atoms with Gasteiger partial charge in [0.25, 0.3) is 0 Å². The van der Waals surface area contributed by atoms with E-state index in [1.165, 1.54) is 0 Å². The van der Waals surface area contributed by atoms with E-state index < -0.39 is 5.69 Å². The molecule has 2 saturated heterocycles. The van der Waals surface area contributed by atoms with Gasteiger partial charge in [-0.15, -0.1) is 0 Å². The number of primary amides is 2. The molecule has 2 aliphatic rings. The average molecular weight is 909 g/mol. The van der Waals surface area contributed by atoms with E-state index in [1.54, 1.807) is 21.3 Å². The Morgan fingerprint density at radius 3 is 1.57 bits per heavy atom. The van der Waals surface area contributed by atoms with Crippen molar-refractivity contribution in [3.05, 3.63) is 128 Å². The fraction of sp³-hybridized carbons (Fsp3) is 0.255. The van der Waals surface area contributed by atoms with Crippen molar-refractivity contribution in [3.63, 3.8) is 0 Å². The van der Waals surface area contributed by atoms with Crippen LogP contribution >= 0.6 is 15.9 Å². The third-order valence-corrected chi connectivity index (χ3v) is 12.6. The SMILES string of the molecule is N#Cc1cccc2c1oc1c(-c3ccccc3)nc(=O)n(CCN3CCC[C@@H]3C(N)=O)c12.NC(=O)[C@H]1CCCN1CCn1c(=O)nc(-c2ccccc2)c2oc3c(Br)cccc3c21. The van der Waals surface area contributed by atoms with E-state index in [4.69, 9.17) is 20.3 Å². The summed E-state index contributed by atoms with van der Waals surface area (Å²) in [7, 11) is 0. The normalized spacial score (nSPS) is 16.8. The number of hydrogen-bond acceptors (Lipinski definition) is 11. The number of carbonyl (C=O) groups excluding carboxylic acids is 2. The number of carbonyl (C=O) groups is 2. The van der Waals surface area contributed by atoms with Gasteiger partial charge in [-0.3, -0.25) is 28.5 Å². The molecule has 0 spiro atoms. The Bertz CT molecular complexity index is 3210. The highest BCUT2D eigenvalue weighted by molar-refractivity contribution is 9.10. The summed E-state index contributed by atoms with van der Waals surface area (Å²) in [6.45, 7) is 3.29. The molecule has 4 N–H and O–H groups in total. The van der Waals surface area contributed by atoms with Crippen LogP contribution in [0, 0.1) is 11.3 Å². The Kier molecular flexibility index (Phi) is 11.5. The molecule has 2 aliphatic heterocycles. The van der Waals surface area contributed by atoms with Gasteiger partial charge in [0.2, 0.25) is 11.8 Å². The van der Waals surface area contributed by atoms with Gasteiger partial charge in [0, 0.05) is 48.1 Å². The molecule has 2 fully saturated rings. The molecule has 15 nitrogen and oxygen atoms in total. The molecule has 0 saturated carbocycles. The Morgan fingerprint density at radius 2 is 1.10 bits per heavy atom. The molecule has 63 heavy (non-hydrogen) atoms. The zero-order valence-corrected chi connectivity index (χ0v) is 35.7. The Balaban J connectivity index is 0.000000160. The maximum absolute atomic E-state index is 13.2. The van der Waals surface area contributed by atoms with Crippen LogP contribution in [-0.4, -0.2) is 79.0 Å². The first-order valence-corrected chi connectivity index (χ1v) is 21.6. The third-order valence-electron chi connectivity index (χ3n) is 12.0. The third kappa shape index (κ3) is 7.79. The van der Waals surface area contributed by atoms with Crippen LogP contribution in [0.3, 0.4) is 0 Å². The molecule has 6 heterocycles. The number of fused-ring (bicyclic) bond motifs is 6. The van der Waals surface area contributed by atoms with Crippen LogP contribution < -0.4 is 22.8 Å². The predicted octanol–water partition coefficient (Wildman–Crippen LogP) is 6.15. The van der Waals surface area contributed by atoms with E-state index in [9.17, 15) is 24.4 Å². The average Bonchev–Trinajstić information content (AvgIpc) is 4.12. The number of halogens is 1. The van der Waals surface area contributed by atoms with Gasteiger partial charge in [-0.2, -0.15) is 15.2 Å². The number of nitrogens with zero attached hydrogens (tertiary/aromatic N) is 7. The van der Waals surface area contributed by atoms with Gasteiger partial charge >= 0.3 is 11.4 Å². The molecule has 8 aromatic rings. The van der Waals surface area contributed by atoms with Crippen LogP contribution in [0.5, 0.6) is 0 Å². The molecule has 0 aliphatic carbocycles. The minimum absolute atomic E-state index is 0.280. The molecule has 4 aromatic carbocycles. The van der Waals surface area contributed by atoms with Crippen LogP contribution in [-0.2, 0) is 22.7 Å². The van der Waals surface area contributed by atoms with Gasteiger partial charge in [0.15, 0.2) is 22.3 Å². The summed E-state index contributed by atoms with van der Waals surface area (Å²) in [5.41, 5.74) is 16.7. The van der Waals surface area contributed by atoms with Crippen molar-refractivity contribution in [1.29, 1.82) is 5.26 Å². The van der Waals surface area contributed by atoms with E-state index in [0.717, 1.165) is 59.8 Å². The van der Waals surface area contributed by atoms with Crippen molar-refractivity contribution in [1.82, 2.24) is 28.9 Å². The summed E-state index contributed by atoms with van der Waals surface area (Å²) in [4.78, 5) is 62.6. The lowest BCUT2D eigenvalue weighted by Crippen LogP contribution is -2.42. The molecule has 4 aromatic heterocycles. The van der Waals surface area contributed by atoms with Crippen molar-refractivity contribution in [2.24, 2.45) is 11.5 Å². The molecular formula is C47H42BrN9O6.